The first-order valence-electron chi connectivity index (χ1n) is 8.22. The molecule has 0 amide bonds. The Morgan fingerprint density at radius 1 is 0.958 bits per heavy atom. The lowest BCUT2D eigenvalue weighted by molar-refractivity contribution is 1.07. The van der Waals surface area contributed by atoms with Crippen molar-refractivity contribution in [3.63, 3.8) is 0 Å². The van der Waals surface area contributed by atoms with Gasteiger partial charge in [0.1, 0.15) is 5.82 Å². The van der Waals surface area contributed by atoms with Gasteiger partial charge in [-0.05, 0) is 36.1 Å². The molecule has 3 aromatic rings. The van der Waals surface area contributed by atoms with Crippen LogP contribution in [0.1, 0.15) is 23.6 Å². The Morgan fingerprint density at radius 2 is 1.79 bits per heavy atom. The first-order chi connectivity index (χ1) is 11.8. The summed E-state index contributed by atoms with van der Waals surface area (Å²) in [5, 5.41) is 6.71. The van der Waals surface area contributed by atoms with E-state index in [1.807, 2.05) is 24.3 Å². The molecule has 0 atom stereocenters. The second-order valence-corrected chi connectivity index (χ2v) is 5.69. The predicted molar refractivity (Wildman–Crippen MR) is 99.6 cm³/mol. The number of para-hydroxylation sites is 1. The van der Waals surface area contributed by atoms with E-state index in [4.69, 9.17) is 0 Å². The Kier molecular flexibility index (Phi) is 5.06. The molecule has 0 saturated heterocycles. The number of hydrogen-bond donors (Lipinski definition) is 2. The maximum absolute atomic E-state index is 4.57. The van der Waals surface area contributed by atoms with Crippen molar-refractivity contribution in [3.05, 3.63) is 77.5 Å². The molecule has 1 aromatic heterocycles. The van der Waals surface area contributed by atoms with Crippen LogP contribution in [-0.2, 0) is 13.0 Å². The van der Waals surface area contributed by atoms with E-state index in [1.165, 1.54) is 16.7 Å². The van der Waals surface area contributed by atoms with Crippen molar-refractivity contribution >= 4 is 17.5 Å². The number of benzene rings is 2. The molecule has 4 nitrogen and oxygen atoms in total. The largest absolute Gasteiger partial charge is 0.366 e. The van der Waals surface area contributed by atoms with Gasteiger partial charge in [0.2, 0.25) is 5.95 Å². The molecule has 1 heterocycles. The number of hydrogen-bond acceptors (Lipinski definition) is 4. The molecule has 0 aliphatic heterocycles. The van der Waals surface area contributed by atoms with Gasteiger partial charge in [-0.25, -0.2) is 4.98 Å². The van der Waals surface area contributed by atoms with E-state index in [0.717, 1.165) is 24.5 Å². The monoisotopic (exact) mass is 318 g/mol. The summed E-state index contributed by atoms with van der Waals surface area (Å²) in [7, 11) is 0. The molecule has 4 heteroatoms. The average molecular weight is 318 g/mol. The highest BCUT2D eigenvalue weighted by Crippen LogP contribution is 2.24. The Balaban J connectivity index is 1.74. The van der Waals surface area contributed by atoms with Crippen molar-refractivity contribution in [1.29, 1.82) is 0 Å². The van der Waals surface area contributed by atoms with Crippen LogP contribution < -0.4 is 10.6 Å². The average Bonchev–Trinajstić information content (AvgIpc) is 2.63. The standard InChI is InChI=1S/C20H22N4/c1-3-17-11-7-8-15(2)19(17)24-20-21-13-12-18(23-20)22-14-16-9-5-4-6-10-16/h4-13H,3,14H2,1-2H3,(H2,21,22,23,24). The minimum absolute atomic E-state index is 0.608. The fraction of sp³-hybridized carbons (Fsp3) is 0.200. The quantitative estimate of drug-likeness (QED) is 0.691. The van der Waals surface area contributed by atoms with Crippen LogP contribution in [0.4, 0.5) is 17.5 Å². The molecule has 0 spiro atoms. The van der Waals surface area contributed by atoms with Gasteiger partial charge in [-0.3, -0.25) is 0 Å². The summed E-state index contributed by atoms with van der Waals surface area (Å²) in [6.07, 6.45) is 2.74. The van der Waals surface area contributed by atoms with Crippen molar-refractivity contribution in [3.8, 4) is 0 Å². The molecule has 0 unspecified atom stereocenters. The van der Waals surface area contributed by atoms with Gasteiger partial charge in [0.05, 0.1) is 0 Å². The van der Waals surface area contributed by atoms with E-state index in [9.17, 15) is 0 Å². The summed E-state index contributed by atoms with van der Waals surface area (Å²) in [6, 6.07) is 18.5. The molecule has 0 bridgehead atoms. The van der Waals surface area contributed by atoms with E-state index in [1.54, 1.807) is 6.20 Å². The minimum Gasteiger partial charge on any atom is -0.366 e. The fourth-order valence-corrected chi connectivity index (χ4v) is 2.62. The number of nitrogens with one attached hydrogen (secondary N) is 2. The summed E-state index contributed by atoms with van der Waals surface area (Å²) in [5.74, 6) is 1.42. The fourth-order valence-electron chi connectivity index (χ4n) is 2.62. The summed E-state index contributed by atoms with van der Waals surface area (Å²) >= 11 is 0. The summed E-state index contributed by atoms with van der Waals surface area (Å²) in [4.78, 5) is 8.91. The van der Waals surface area contributed by atoms with E-state index in [2.05, 4.69) is 64.8 Å². The number of rotatable bonds is 6. The lowest BCUT2D eigenvalue weighted by Gasteiger charge is -2.13. The zero-order valence-electron chi connectivity index (χ0n) is 14.1. The molecule has 3 rings (SSSR count). The highest BCUT2D eigenvalue weighted by atomic mass is 15.1. The third-order valence-electron chi connectivity index (χ3n) is 3.95. The normalized spacial score (nSPS) is 10.4. The van der Waals surface area contributed by atoms with Crippen LogP contribution in [0.2, 0.25) is 0 Å². The molecular weight excluding hydrogens is 296 g/mol. The van der Waals surface area contributed by atoms with E-state index in [0.29, 0.717) is 5.95 Å². The van der Waals surface area contributed by atoms with Crippen molar-refractivity contribution < 1.29 is 0 Å². The van der Waals surface area contributed by atoms with Crippen LogP contribution in [-0.4, -0.2) is 9.97 Å². The van der Waals surface area contributed by atoms with Crippen molar-refractivity contribution in [2.45, 2.75) is 26.8 Å². The maximum atomic E-state index is 4.57. The Morgan fingerprint density at radius 3 is 2.58 bits per heavy atom. The van der Waals surface area contributed by atoms with E-state index in [-0.39, 0.29) is 0 Å². The summed E-state index contributed by atoms with van der Waals surface area (Å²) in [6.45, 7) is 4.99. The van der Waals surface area contributed by atoms with Crippen LogP contribution >= 0.6 is 0 Å². The van der Waals surface area contributed by atoms with Crippen LogP contribution in [0.5, 0.6) is 0 Å². The van der Waals surface area contributed by atoms with Crippen LogP contribution in [0.25, 0.3) is 0 Å². The predicted octanol–water partition coefficient (Wildman–Crippen LogP) is 4.70. The molecule has 24 heavy (non-hydrogen) atoms. The summed E-state index contributed by atoms with van der Waals surface area (Å²) < 4.78 is 0. The smallest absolute Gasteiger partial charge is 0.229 e. The van der Waals surface area contributed by atoms with Gasteiger partial charge in [-0.1, -0.05) is 55.5 Å². The number of aromatic nitrogens is 2. The summed E-state index contributed by atoms with van der Waals surface area (Å²) in [5.41, 5.74) is 4.78. The number of nitrogens with zero attached hydrogens (tertiary/aromatic N) is 2. The number of aryl methyl sites for hydroxylation is 2. The molecule has 0 aliphatic carbocycles. The van der Waals surface area contributed by atoms with Gasteiger partial charge >= 0.3 is 0 Å². The second kappa shape index (κ2) is 7.59. The lowest BCUT2D eigenvalue weighted by Crippen LogP contribution is -2.05. The molecule has 2 aromatic carbocycles. The van der Waals surface area contributed by atoms with Gasteiger partial charge in [-0.2, -0.15) is 4.98 Å². The molecule has 0 aliphatic rings. The third-order valence-corrected chi connectivity index (χ3v) is 3.95. The van der Waals surface area contributed by atoms with Crippen molar-refractivity contribution in [2.24, 2.45) is 0 Å². The van der Waals surface area contributed by atoms with Gasteiger partial charge in [0, 0.05) is 18.4 Å². The van der Waals surface area contributed by atoms with E-state index < -0.39 is 0 Å². The SMILES string of the molecule is CCc1cccc(C)c1Nc1nccc(NCc2ccccc2)n1. The molecule has 2 N–H and O–H groups in total. The van der Waals surface area contributed by atoms with Gasteiger partial charge < -0.3 is 10.6 Å². The van der Waals surface area contributed by atoms with Crippen LogP contribution in [0.3, 0.4) is 0 Å². The zero-order chi connectivity index (χ0) is 16.8. The highest BCUT2D eigenvalue weighted by Gasteiger charge is 2.06. The topological polar surface area (TPSA) is 49.8 Å². The van der Waals surface area contributed by atoms with Crippen molar-refractivity contribution in [2.75, 3.05) is 10.6 Å². The Labute approximate surface area is 143 Å². The maximum Gasteiger partial charge on any atom is 0.229 e. The third kappa shape index (κ3) is 3.90. The Hall–Kier alpha value is -2.88. The molecule has 0 saturated carbocycles. The van der Waals surface area contributed by atoms with Crippen LogP contribution in [0.15, 0.2) is 60.8 Å². The second-order valence-electron chi connectivity index (χ2n) is 5.69. The molecule has 0 radical (unpaired) electrons. The van der Waals surface area contributed by atoms with Crippen molar-refractivity contribution in [1.82, 2.24) is 9.97 Å². The molecule has 0 fully saturated rings. The molecule has 122 valence electrons. The first kappa shape index (κ1) is 16.0. The highest BCUT2D eigenvalue weighted by molar-refractivity contribution is 5.63. The minimum atomic E-state index is 0.608. The Bertz CT molecular complexity index is 800. The van der Waals surface area contributed by atoms with Crippen LogP contribution in [0, 0.1) is 6.92 Å². The molecular formula is C20H22N4. The zero-order valence-corrected chi connectivity index (χ0v) is 14.1. The van der Waals surface area contributed by atoms with Gasteiger partial charge in [-0.15, -0.1) is 0 Å². The van der Waals surface area contributed by atoms with Gasteiger partial charge in [0.15, 0.2) is 0 Å². The first-order valence-corrected chi connectivity index (χ1v) is 8.22. The lowest BCUT2D eigenvalue weighted by atomic mass is 10.1. The number of anilines is 3. The van der Waals surface area contributed by atoms with E-state index >= 15 is 0 Å². The van der Waals surface area contributed by atoms with Gasteiger partial charge in [0.25, 0.3) is 0 Å².